The van der Waals surface area contributed by atoms with Crippen LogP contribution in [0.3, 0.4) is 0 Å². The topological polar surface area (TPSA) is 49.3 Å². The lowest BCUT2D eigenvalue weighted by atomic mass is 9.67. The maximum atomic E-state index is 12.1. The van der Waals surface area contributed by atoms with Gasteiger partial charge < -0.3 is 10.4 Å². The summed E-state index contributed by atoms with van der Waals surface area (Å²) in [5, 5.41) is 13.2. The minimum Gasteiger partial charge on any atom is -0.387 e. The van der Waals surface area contributed by atoms with E-state index in [1.807, 2.05) is 0 Å². The van der Waals surface area contributed by atoms with E-state index in [0.29, 0.717) is 30.2 Å². The standard InChI is InChI=1S/C16H29NO2S/c1-12-6-13(9-15(2,3)8-12)7-14(18)17-10-16(19)4-5-20-11-16/h12-13,19H,4-11H2,1-3H3,(H,17,18). The Morgan fingerprint density at radius 3 is 2.75 bits per heavy atom. The molecule has 116 valence electrons. The van der Waals surface area contributed by atoms with Crippen molar-refractivity contribution in [2.24, 2.45) is 17.3 Å². The van der Waals surface area contributed by atoms with Crippen molar-refractivity contribution in [1.82, 2.24) is 5.32 Å². The number of aliphatic hydroxyl groups is 1. The molecule has 1 aliphatic heterocycles. The Labute approximate surface area is 127 Å². The maximum absolute atomic E-state index is 12.1. The lowest BCUT2D eigenvalue weighted by Gasteiger charge is -2.38. The van der Waals surface area contributed by atoms with E-state index in [9.17, 15) is 9.90 Å². The molecule has 20 heavy (non-hydrogen) atoms. The third-order valence-electron chi connectivity index (χ3n) is 4.65. The van der Waals surface area contributed by atoms with Crippen LogP contribution in [0.5, 0.6) is 0 Å². The van der Waals surface area contributed by atoms with Gasteiger partial charge in [0.05, 0.1) is 5.60 Å². The van der Waals surface area contributed by atoms with Crippen molar-refractivity contribution >= 4 is 17.7 Å². The van der Waals surface area contributed by atoms with Crippen molar-refractivity contribution in [1.29, 1.82) is 0 Å². The van der Waals surface area contributed by atoms with Gasteiger partial charge in [0.1, 0.15) is 0 Å². The molecule has 1 saturated carbocycles. The third-order valence-corrected chi connectivity index (χ3v) is 5.88. The number of amides is 1. The van der Waals surface area contributed by atoms with Gasteiger partial charge in [0.15, 0.2) is 0 Å². The Bertz CT molecular complexity index is 350. The minimum absolute atomic E-state index is 0.116. The first-order chi connectivity index (χ1) is 9.28. The molecule has 1 heterocycles. The summed E-state index contributed by atoms with van der Waals surface area (Å²) >= 11 is 1.77. The predicted octanol–water partition coefficient (Wildman–Crippen LogP) is 2.82. The Kier molecular flexibility index (Phi) is 5.06. The fourth-order valence-corrected chi connectivity index (χ4v) is 5.33. The van der Waals surface area contributed by atoms with Gasteiger partial charge in [0.25, 0.3) is 0 Å². The highest BCUT2D eigenvalue weighted by Crippen LogP contribution is 2.42. The van der Waals surface area contributed by atoms with Crippen LogP contribution in [-0.4, -0.2) is 34.7 Å². The van der Waals surface area contributed by atoms with Crippen LogP contribution in [0.25, 0.3) is 0 Å². The van der Waals surface area contributed by atoms with Crippen molar-refractivity contribution in [3.8, 4) is 0 Å². The van der Waals surface area contributed by atoms with Gasteiger partial charge in [-0.1, -0.05) is 20.8 Å². The molecule has 3 unspecified atom stereocenters. The smallest absolute Gasteiger partial charge is 0.220 e. The molecule has 0 bridgehead atoms. The Morgan fingerprint density at radius 2 is 2.15 bits per heavy atom. The number of carbonyl (C=O) groups is 1. The zero-order valence-corrected chi connectivity index (χ0v) is 13.9. The monoisotopic (exact) mass is 299 g/mol. The van der Waals surface area contributed by atoms with E-state index in [4.69, 9.17) is 0 Å². The van der Waals surface area contributed by atoms with E-state index in [1.54, 1.807) is 11.8 Å². The highest BCUT2D eigenvalue weighted by molar-refractivity contribution is 7.99. The van der Waals surface area contributed by atoms with Crippen LogP contribution in [0.2, 0.25) is 0 Å². The molecule has 2 fully saturated rings. The molecule has 0 radical (unpaired) electrons. The van der Waals surface area contributed by atoms with E-state index in [0.717, 1.165) is 30.8 Å². The van der Waals surface area contributed by atoms with E-state index >= 15 is 0 Å². The summed E-state index contributed by atoms with van der Waals surface area (Å²) in [6.07, 6.45) is 4.99. The molecular formula is C16H29NO2S. The van der Waals surface area contributed by atoms with E-state index in [-0.39, 0.29) is 5.91 Å². The maximum Gasteiger partial charge on any atom is 0.220 e. The zero-order valence-electron chi connectivity index (χ0n) is 13.1. The Morgan fingerprint density at radius 1 is 1.40 bits per heavy atom. The van der Waals surface area contributed by atoms with Gasteiger partial charge in [-0.25, -0.2) is 0 Å². The number of rotatable bonds is 4. The molecule has 2 aliphatic rings. The zero-order chi connectivity index (χ0) is 14.8. The van der Waals surface area contributed by atoms with E-state index in [2.05, 4.69) is 26.1 Å². The van der Waals surface area contributed by atoms with Crippen LogP contribution >= 0.6 is 11.8 Å². The summed E-state index contributed by atoms with van der Waals surface area (Å²) in [5.41, 5.74) is -0.303. The van der Waals surface area contributed by atoms with E-state index < -0.39 is 5.60 Å². The van der Waals surface area contributed by atoms with Crippen molar-refractivity contribution in [3.05, 3.63) is 0 Å². The molecule has 0 aromatic carbocycles. The average Bonchev–Trinajstić information content (AvgIpc) is 2.71. The van der Waals surface area contributed by atoms with Crippen LogP contribution in [0.4, 0.5) is 0 Å². The van der Waals surface area contributed by atoms with Gasteiger partial charge in [-0.15, -0.1) is 0 Å². The molecule has 0 aromatic rings. The first-order valence-electron chi connectivity index (χ1n) is 7.85. The van der Waals surface area contributed by atoms with Gasteiger partial charge in [-0.05, 0) is 48.7 Å². The van der Waals surface area contributed by atoms with Crippen LogP contribution in [0.15, 0.2) is 0 Å². The lowest BCUT2D eigenvalue weighted by molar-refractivity contribution is -0.123. The highest BCUT2D eigenvalue weighted by Gasteiger charge is 2.34. The second-order valence-electron chi connectivity index (χ2n) is 7.79. The molecule has 1 amide bonds. The lowest BCUT2D eigenvalue weighted by Crippen LogP contribution is -2.43. The number of hydrogen-bond acceptors (Lipinski definition) is 3. The van der Waals surface area contributed by atoms with Crippen LogP contribution < -0.4 is 5.32 Å². The van der Waals surface area contributed by atoms with Crippen molar-refractivity contribution in [2.75, 3.05) is 18.1 Å². The SMILES string of the molecule is CC1CC(CC(=O)NCC2(O)CCSC2)CC(C)(C)C1. The summed E-state index contributed by atoms with van der Waals surface area (Å²) < 4.78 is 0. The van der Waals surface area contributed by atoms with Gasteiger partial charge >= 0.3 is 0 Å². The van der Waals surface area contributed by atoms with Gasteiger partial charge in [-0.3, -0.25) is 4.79 Å². The molecule has 4 heteroatoms. The number of thioether (sulfide) groups is 1. The fraction of sp³-hybridized carbons (Fsp3) is 0.938. The van der Waals surface area contributed by atoms with E-state index in [1.165, 1.54) is 6.42 Å². The average molecular weight is 299 g/mol. The summed E-state index contributed by atoms with van der Waals surface area (Å²) in [6, 6.07) is 0. The summed E-state index contributed by atoms with van der Waals surface area (Å²) in [5.74, 6) is 3.08. The van der Waals surface area contributed by atoms with Gasteiger partial charge in [0.2, 0.25) is 5.91 Å². The van der Waals surface area contributed by atoms with Crippen LogP contribution in [0, 0.1) is 17.3 Å². The van der Waals surface area contributed by atoms with Crippen molar-refractivity contribution in [3.63, 3.8) is 0 Å². The molecule has 0 spiro atoms. The number of carbonyl (C=O) groups excluding carboxylic acids is 1. The normalized spacial score (nSPS) is 36.8. The molecular weight excluding hydrogens is 270 g/mol. The third kappa shape index (κ3) is 4.66. The number of hydrogen-bond donors (Lipinski definition) is 2. The second kappa shape index (κ2) is 6.27. The van der Waals surface area contributed by atoms with Crippen molar-refractivity contribution in [2.45, 2.75) is 58.5 Å². The molecule has 2 rings (SSSR count). The highest BCUT2D eigenvalue weighted by atomic mass is 32.2. The molecule has 3 nitrogen and oxygen atoms in total. The second-order valence-corrected chi connectivity index (χ2v) is 8.89. The van der Waals surface area contributed by atoms with Crippen LogP contribution in [0.1, 0.15) is 52.9 Å². The first-order valence-corrected chi connectivity index (χ1v) is 9.00. The Hall–Kier alpha value is -0.220. The quantitative estimate of drug-likeness (QED) is 0.839. The molecule has 2 N–H and O–H groups in total. The minimum atomic E-state index is -0.667. The van der Waals surface area contributed by atoms with Gasteiger partial charge in [-0.2, -0.15) is 11.8 Å². The molecule has 1 saturated heterocycles. The molecule has 1 aliphatic carbocycles. The Balaban J connectivity index is 1.76. The summed E-state index contributed by atoms with van der Waals surface area (Å²) in [7, 11) is 0. The molecule has 0 aromatic heterocycles. The first kappa shape index (κ1) is 16.2. The predicted molar refractivity (Wildman–Crippen MR) is 84.8 cm³/mol. The molecule has 3 atom stereocenters. The van der Waals surface area contributed by atoms with Crippen LogP contribution in [-0.2, 0) is 4.79 Å². The summed E-state index contributed by atoms with van der Waals surface area (Å²) in [6.45, 7) is 7.34. The fourth-order valence-electron chi connectivity index (χ4n) is 4.03. The number of nitrogens with one attached hydrogen (secondary N) is 1. The largest absolute Gasteiger partial charge is 0.387 e. The van der Waals surface area contributed by atoms with Crippen molar-refractivity contribution < 1.29 is 9.90 Å². The van der Waals surface area contributed by atoms with Gasteiger partial charge in [0, 0.05) is 18.7 Å². The summed E-state index contributed by atoms with van der Waals surface area (Å²) in [4.78, 5) is 12.1.